The molecule has 0 bridgehead atoms. The summed E-state index contributed by atoms with van der Waals surface area (Å²) in [6, 6.07) is 8.32. The second kappa shape index (κ2) is 7.64. The molecule has 0 unspecified atom stereocenters. The molecule has 98 valence electrons. The maximum atomic E-state index is 5.91. The van der Waals surface area contributed by atoms with Crippen molar-refractivity contribution in [3.63, 3.8) is 0 Å². The van der Waals surface area contributed by atoms with Gasteiger partial charge in [-0.15, -0.1) is 0 Å². The number of hydrogen-bond acceptors (Lipinski definition) is 1. The van der Waals surface area contributed by atoms with Gasteiger partial charge in [-0.05, 0) is 25.3 Å². The van der Waals surface area contributed by atoms with Gasteiger partial charge in [-0.3, -0.25) is 4.99 Å². The summed E-state index contributed by atoms with van der Waals surface area (Å²) in [5.41, 5.74) is 8.23. The molecule has 0 aliphatic carbocycles. The molecule has 1 aromatic carbocycles. The van der Waals surface area contributed by atoms with E-state index in [0.29, 0.717) is 11.7 Å². The van der Waals surface area contributed by atoms with Crippen molar-refractivity contribution in [2.45, 2.75) is 39.5 Å². The number of benzene rings is 1. The number of rotatable bonds is 5. The first-order valence-corrected chi connectivity index (χ1v) is 6.54. The Morgan fingerprint density at radius 2 is 1.83 bits per heavy atom. The predicted molar refractivity (Wildman–Crippen MR) is 79.4 cm³/mol. The monoisotopic (exact) mass is 245 g/mol. The van der Waals surface area contributed by atoms with Gasteiger partial charge in [0.05, 0.1) is 0 Å². The van der Waals surface area contributed by atoms with Crippen LogP contribution < -0.4 is 5.73 Å². The lowest BCUT2D eigenvalue weighted by Crippen LogP contribution is -2.15. The van der Waals surface area contributed by atoms with Crippen molar-refractivity contribution >= 4 is 11.7 Å². The summed E-state index contributed by atoms with van der Waals surface area (Å²) in [6.45, 7) is 4.06. The van der Waals surface area contributed by atoms with Crippen molar-refractivity contribution in [1.29, 1.82) is 0 Å². The van der Waals surface area contributed by atoms with Gasteiger partial charge in [0.1, 0.15) is 11.7 Å². The molecule has 2 N–H and O–H groups in total. The molecule has 0 atom stereocenters. The minimum atomic E-state index is 0.526. The second-order valence-electron chi connectivity index (χ2n) is 4.42. The zero-order chi connectivity index (χ0) is 13.4. The lowest BCUT2D eigenvalue weighted by molar-refractivity contribution is 0.717. The van der Waals surface area contributed by atoms with Crippen molar-refractivity contribution < 1.29 is 0 Å². The van der Waals surface area contributed by atoms with Crippen LogP contribution >= 0.6 is 0 Å². The molecule has 3 nitrogen and oxygen atoms in total. The predicted octanol–water partition coefficient (Wildman–Crippen LogP) is 3.17. The third-order valence-electron chi connectivity index (χ3n) is 2.92. The van der Waals surface area contributed by atoms with Gasteiger partial charge < -0.3 is 5.73 Å². The molecule has 18 heavy (non-hydrogen) atoms. The van der Waals surface area contributed by atoms with E-state index in [-0.39, 0.29) is 0 Å². The van der Waals surface area contributed by atoms with Crippen LogP contribution in [0.2, 0.25) is 0 Å². The van der Waals surface area contributed by atoms with Gasteiger partial charge >= 0.3 is 0 Å². The first-order chi connectivity index (χ1) is 8.67. The Morgan fingerprint density at radius 3 is 2.39 bits per heavy atom. The van der Waals surface area contributed by atoms with E-state index in [9.17, 15) is 0 Å². The Bertz CT molecular complexity index is 416. The summed E-state index contributed by atoms with van der Waals surface area (Å²) in [6.07, 6.45) is 4.94. The first-order valence-electron chi connectivity index (χ1n) is 6.54. The summed E-state index contributed by atoms with van der Waals surface area (Å²) in [7, 11) is 1.71. The number of nitrogens with two attached hydrogens (primary N) is 1. The Morgan fingerprint density at radius 1 is 1.17 bits per heavy atom. The molecule has 0 radical (unpaired) electrons. The molecular weight excluding hydrogens is 222 g/mol. The van der Waals surface area contributed by atoms with Gasteiger partial charge in [0, 0.05) is 12.6 Å². The molecule has 3 heteroatoms. The third kappa shape index (κ3) is 4.70. The number of unbranched alkanes of at least 4 members (excludes halogenated alkanes) is 2. The molecule has 0 aliphatic heterocycles. The maximum Gasteiger partial charge on any atom is 0.132 e. The van der Waals surface area contributed by atoms with Crippen LogP contribution in [0.25, 0.3) is 0 Å². The molecular formula is C15H23N3. The maximum absolute atomic E-state index is 5.91. The SMILES string of the molecule is CCCCCc1ccc(C(N)=NC(C)=NC)cc1. The summed E-state index contributed by atoms with van der Waals surface area (Å²) in [5, 5.41) is 0. The summed E-state index contributed by atoms with van der Waals surface area (Å²) >= 11 is 0. The minimum absolute atomic E-state index is 0.526. The van der Waals surface area contributed by atoms with Crippen LogP contribution in [0.15, 0.2) is 34.3 Å². The molecule has 1 aromatic rings. The average molecular weight is 245 g/mol. The van der Waals surface area contributed by atoms with Gasteiger partial charge in [-0.25, -0.2) is 4.99 Å². The van der Waals surface area contributed by atoms with E-state index in [1.807, 2.05) is 19.1 Å². The standard InChI is InChI=1S/C15H23N3/c1-4-5-6-7-13-8-10-14(11-9-13)15(16)18-12(2)17-3/h8-11H,4-7H2,1-3H3,(H2,16,17,18). The summed E-state index contributed by atoms with van der Waals surface area (Å²) in [4.78, 5) is 8.19. The lowest BCUT2D eigenvalue weighted by Gasteiger charge is -2.04. The van der Waals surface area contributed by atoms with E-state index < -0.39 is 0 Å². The Hall–Kier alpha value is -1.64. The fraction of sp³-hybridized carbons (Fsp3) is 0.467. The van der Waals surface area contributed by atoms with Crippen LogP contribution in [0, 0.1) is 0 Å². The van der Waals surface area contributed by atoms with Crippen molar-refractivity contribution in [3.8, 4) is 0 Å². The number of aliphatic imine (C=N–C) groups is 2. The van der Waals surface area contributed by atoms with Crippen molar-refractivity contribution in [1.82, 2.24) is 0 Å². The highest BCUT2D eigenvalue weighted by atomic mass is 14.9. The smallest absolute Gasteiger partial charge is 0.132 e. The number of aryl methyl sites for hydroxylation is 1. The Labute approximate surface area is 110 Å². The number of nitrogens with zero attached hydrogens (tertiary/aromatic N) is 2. The van der Waals surface area contributed by atoms with Gasteiger partial charge in [0.15, 0.2) is 0 Å². The molecule has 0 fully saturated rings. The third-order valence-corrected chi connectivity index (χ3v) is 2.92. The highest BCUT2D eigenvalue weighted by Gasteiger charge is 1.99. The quantitative estimate of drug-likeness (QED) is 0.483. The van der Waals surface area contributed by atoms with E-state index in [4.69, 9.17) is 5.73 Å². The first kappa shape index (κ1) is 14.4. The van der Waals surface area contributed by atoms with E-state index >= 15 is 0 Å². The lowest BCUT2D eigenvalue weighted by atomic mass is 10.1. The van der Waals surface area contributed by atoms with Gasteiger partial charge in [-0.2, -0.15) is 0 Å². The van der Waals surface area contributed by atoms with Crippen LogP contribution in [0.3, 0.4) is 0 Å². The molecule has 0 saturated heterocycles. The number of amidine groups is 2. The van der Waals surface area contributed by atoms with Crippen molar-refractivity contribution in [2.24, 2.45) is 15.7 Å². The Balaban J connectivity index is 2.67. The minimum Gasteiger partial charge on any atom is -0.383 e. The highest BCUT2D eigenvalue weighted by molar-refractivity contribution is 6.04. The van der Waals surface area contributed by atoms with Crippen molar-refractivity contribution in [3.05, 3.63) is 35.4 Å². The normalized spacial score (nSPS) is 12.8. The van der Waals surface area contributed by atoms with Crippen LogP contribution in [-0.2, 0) is 6.42 Å². The van der Waals surface area contributed by atoms with Gasteiger partial charge in [0.25, 0.3) is 0 Å². The van der Waals surface area contributed by atoms with Crippen LogP contribution in [0.4, 0.5) is 0 Å². The zero-order valence-corrected chi connectivity index (χ0v) is 11.6. The van der Waals surface area contributed by atoms with E-state index in [1.54, 1.807) is 7.05 Å². The molecule has 0 aromatic heterocycles. The fourth-order valence-corrected chi connectivity index (χ4v) is 1.71. The largest absolute Gasteiger partial charge is 0.383 e. The molecule has 1 rings (SSSR count). The molecule has 0 aliphatic rings. The van der Waals surface area contributed by atoms with Crippen LogP contribution in [-0.4, -0.2) is 18.7 Å². The van der Waals surface area contributed by atoms with Gasteiger partial charge in [-0.1, -0.05) is 44.0 Å². The van der Waals surface area contributed by atoms with E-state index in [2.05, 4.69) is 29.0 Å². The molecule has 0 saturated carbocycles. The summed E-state index contributed by atoms with van der Waals surface area (Å²) < 4.78 is 0. The second-order valence-corrected chi connectivity index (χ2v) is 4.42. The van der Waals surface area contributed by atoms with E-state index in [0.717, 1.165) is 12.0 Å². The van der Waals surface area contributed by atoms with Crippen molar-refractivity contribution in [2.75, 3.05) is 7.05 Å². The Kier molecular flexibility index (Phi) is 6.12. The average Bonchev–Trinajstić information content (AvgIpc) is 2.39. The zero-order valence-electron chi connectivity index (χ0n) is 11.6. The molecule has 0 heterocycles. The van der Waals surface area contributed by atoms with Crippen LogP contribution in [0.1, 0.15) is 44.2 Å². The molecule has 0 spiro atoms. The highest BCUT2D eigenvalue weighted by Crippen LogP contribution is 2.09. The fourth-order valence-electron chi connectivity index (χ4n) is 1.71. The summed E-state index contributed by atoms with van der Waals surface area (Å²) in [5.74, 6) is 1.22. The van der Waals surface area contributed by atoms with E-state index in [1.165, 1.54) is 24.8 Å². The number of hydrogen-bond donors (Lipinski definition) is 1. The van der Waals surface area contributed by atoms with Gasteiger partial charge in [0.2, 0.25) is 0 Å². The van der Waals surface area contributed by atoms with Crippen LogP contribution in [0.5, 0.6) is 0 Å². The topological polar surface area (TPSA) is 50.7 Å². The molecule has 0 amide bonds.